The normalized spacial score (nSPS) is 11.2. The average molecular weight is 405 g/mol. The topological polar surface area (TPSA) is 29.5 Å². The molecule has 0 spiro atoms. The molecule has 5 rings (SSSR count). The Morgan fingerprint density at radius 3 is 2.03 bits per heavy atom. The maximum atomic E-state index is 13.3. The standard InChI is InChI=1S/C28H23NO2/c1-29(28(30)23-12-11-20-17-24(31-2)14-13-19(20)15-23)18-27-25-9-5-3-7-21(25)16-22-8-4-6-10-26(22)27/h3-17H,18H2,1-2H3. The van der Waals surface area contributed by atoms with Gasteiger partial charge in [0.15, 0.2) is 0 Å². The van der Waals surface area contributed by atoms with E-state index in [4.69, 9.17) is 4.74 Å². The molecule has 0 aliphatic heterocycles. The van der Waals surface area contributed by atoms with Crippen molar-refractivity contribution in [1.82, 2.24) is 4.90 Å². The monoisotopic (exact) mass is 405 g/mol. The van der Waals surface area contributed by atoms with Crippen LogP contribution >= 0.6 is 0 Å². The highest BCUT2D eigenvalue weighted by Crippen LogP contribution is 2.30. The summed E-state index contributed by atoms with van der Waals surface area (Å²) in [7, 11) is 3.53. The van der Waals surface area contributed by atoms with Gasteiger partial charge in [0, 0.05) is 19.2 Å². The highest BCUT2D eigenvalue weighted by molar-refractivity contribution is 6.03. The Hall–Kier alpha value is -3.85. The van der Waals surface area contributed by atoms with E-state index in [1.165, 1.54) is 27.1 Å². The largest absolute Gasteiger partial charge is 0.497 e. The number of nitrogens with zero attached hydrogens (tertiary/aromatic N) is 1. The number of methoxy groups -OCH3 is 1. The van der Waals surface area contributed by atoms with E-state index in [0.29, 0.717) is 12.1 Å². The molecular weight excluding hydrogens is 382 g/mol. The summed E-state index contributed by atoms with van der Waals surface area (Å²) in [5.41, 5.74) is 1.86. The second-order valence-electron chi connectivity index (χ2n) is 7.89. The highest BCUT2D eigenvalue weighted by atomic mass is 16.5. The van der Waals surface area contributed by atoms with Gasteiger partial charge in [0.2, 0.25) is 0 Å². The van der Waals surface area contributed by atoms with Gasteiger partial charge >= 0.3 is 0 Å². The minimum Gasteiger partial charge on any atom is -0.497 e. The van der Waals surface area contributed by atoms with E-state index in [-0.39, 0.29) is 5.91 Å². The SMILES string of the molecule is COc1ccc2cc(C(=O)N(C)Cc3c4ccccc4cc4ccccc34)ccc2c1. The smallest absolute Gasteiger partial charge is 0.253 e. The second kappa shape index (κ2) is 7.77. The second-order valence-corrected chi connectivity index (χ2v) is 7.89. The Kier molecular flexibility index (Phi) is 4.79. The van der Waals surface area contributed by atoms with E-state index < -0.39 is 0 Å². The highest BCUT2D eigenvalue weighted by Gasteiger charge is 2.16. The molecular formula is C28H23NO2. The summed E-state index contributed by atoms with van der Waals surface area (Å²) >= 11 is 0. The number of ether oxygens (including phenoxy) is 1. The number of fused-ring (bicyclic) bond motifs is 3. The van der Waals surface area contributed by atoms with Crippen LogP contribution in [0.25, 0.3) is 32.3 Å². The number of hydrogen-bond acceptors (Lipinski definition) is 2. The first-order chi connectivity index (χ1) is 15.1. The van der Waals surface area contributed by atoms with Crippen molar-refractivity contribution in [3.05, 3.63) is 102 Å². The summed E-state index contributed by atoms with van der Waals surface area (Å²) in [6.45, 7) is 0.543. The summed E-state index contributed by atoms with van der Waals surface area (Å²) in [5, 5.41) is 6.83. The third kappa shape index (κ3) is 3.49. The Bertz CT molecular complexity index is 1380. The predicted molar refractivity (Wildman–Crippen MR) is 128 cm³/mol. The molecule has 31 heavy (non-hydrogen) atoms. The van der Waals surface area contributed by atoms with Crippen molar-refractivity contribution in [3.8, 4) is 5.75 Å². The summed E-state index contributed by atoms with van der Waals surface area (Å²) in [6.07, 6.45) is 0. The van der Waals surface area contributed by atoms with E-state index in [1.807, 2.05) is 43.4 Å². The summed E-state index contributed by atoms with van der Waals surface area (Å²) in [5.74, 6) is 0.821. The molecule has 0 aromatic heterocycles. The van der Waals surface area contributed by atoms with Crippen LogP contribution in [0.4, 0.5) is 0 Å². The van der Waals surface area contributed by atoms with Gasteiger partial charge in [-0.1, -0.05) is 60.7 Å². The third-order valence-electron chi connectivity index (χ3n) is 5.92. The van der Waals surface area contributed by atoms with Crippen LogP contribution in [-0.2, 0) is 6.54 Å². The van der Waals surface area contributed by atoms with Crippen molar-refractivity contribution in [2.24, 2.45) is 0 Å². The van der Waals surface area contributed by atoms with Gasteiger partial charge in [0.1, 0.15) is 5.75 Å². The summed E-state index contributed by atoms with van der Waals surface area (Å²) in [4.78, 5) is 15.1. The molecule has 0 bridgehead atoms. The molecule has 0 fully saturated rings. The molecule has 0 aliphatic rings. The first-order valence-electron chi connectivity index (χ1n) is 10.4. The van der Waals surface area contributed by atoms with Crippen LogP contribution in [0, 0.1) is 0 Å². The molecule has 1 amide bonds. The van der Waals surface area contributed by atoms with Crippen LogP contribution in [0.5, 0.6) is 5.75 Å². The number of hydrogen-bond donors (Lipinski definition) is 0. The maximum absolute atomic E-state index is 13.3. The molecule has 152 valence electrons. The molecule has 0 heterocycles. The molecule has 5 aromatic carbocycles. The van der Waals surface area contributed by atoms with E-state index in [2.05, 4.69) is 54.6 Å². The zero-order chi connectivity index (χ0) is 21.4. The van der Waals surface area contributed by atoms with Gasteiger partial charge in [-0.05, 0) is 68.2 Å². The van der Waals surface area contributed by atoms with Crippen molar-refractivity contribution in [1.29, 1.82) is 0 Å². The number of benzene rings is 5. The van der Waals surface area contributed by atoms with Crippen molar-refractivity contribution >= 4 is 38.2 Å². The van der Waals surface area contributed by atoms with E-state index in [1.54, 1.807) is 12.0 Å². The van der Waals surface area contributed by atoms with E-state index in [9.17, 15) is 4.79 Å². The predicted octanol–water partition coefficient (Wildman–Crippen LogP) is 6.43. The Morgan fingerprint density at radius 2 is 1.35 bits per heavy atom. The first kappa shape index (κ1) is 19.1. The quantitative estimate of drug-likeness (QED) is 0.323. The lowest BCUT2D eigenvalue weighted by Gasteiger charge is -2.20. The lowest BCUT2D eigenvalue weighted by Crippen LogP contribution is -2.26. The van der Waals surface area contributed by atoms with Gasteiger partial charge < -0.3 is 9.64 Å². The maximum Gasteiger partial charge on any atom is 0.253 e. The van der Waals surface area contributed by atoms with Crippen LogP contribution in [0.3, 0.4) is 0 Å². The molecule has 3 nitrogen and oxygen atoms in total. The first-order valence-corrected chi connectivity index (χ1v) is 10.4. The Labute approximate surface area is 181 Å². The Balaban J connectivity index is 1.52. The lowest BCUT2D eigenvalue weighted by molar-refractivity contribution is 0.0786. The van der Waals surface area contributed by atoms with Crippen LogP contribution in [0.2, 0.25) is 0 Å². The van der Waals surface area contributed by atoms with Crippen molar-refractivity contribution in [3.63, 3.8) is 0 Å². The number of carbonyl (C=O) groups is 1. The average Bonchev–Trinajstić information content (AvgIpc) is 2.82. The fourth-order valence-corrected chi connectivity index (χ4v) is 4.29. The van der Waals surface area contributed by atoms with Crippen LogP contribution in [0.1, 0.15) is 15.9 Å². The van der Waals surface area contributed by atoms with Crippen molar-refractivity contribution in [2.45, 2.75) is 6.54 Å². The minimum atomic E-state index is 0.00901. The third-order valence-corrected chi connectivity index (χ3v) is 5.92. The molecule has 5 aromatic rings. The van der Waals surface area contributed by atoms with Gasteiger partial charge in [0.25, 0.3) is 5.91 Å². The fraction of sp³-hybridized carbons (Fsp3) is 0.107. The number of rotatable bonds is 4. The Morgan fingerprint density at radius 1 is 0.742 bits per heavy atom. The van der Waals surface area contributed by atoms with Crippen LogP contribution < -0.4 is 4.74 Å². The molecule has 0 unspecified atom stereocenters. The molecule has 0 saturated carbocycles. The van der Waals surface area contributed by atoms with Crippen molar-refractivity contribution in [2.75, 3.05) is 14.2 Å². The van der Waals surface area contributed by atoms with E-state index >= 15 is 0 Å². The fourth-order valence-electron chi connectivity index (χ4n) is 4.29. The summed E-state index contributed by atoms with van der Waals surface area (Å²) in [6, 6.07) is 30.7. The minimum absolute atomic E-state index is 0.00901. The zero-order valence-electron chi connectivity index (χ0n) is 17.6. The molecule has 0 aliphatic carbocycles. The number of carbonyl (C=O) groups excluding carboxylic acids is 1. The lowest BCUT2D eigenvalue weighted by atomic mass is 9.96. The van der Waals surface area contributed by atoms with Gasteiger partial charge in [-0.2, -0.15) is 0 Å². The van der Waals surface area contributed by atoms with Gasteiger partial charge in [-0.3, -0.25) is 4.79 Å². The molecule has 0 N–H and O–H groups in total. The van der Waals surface area contributed by atoms with Gasteiger partial charge in [0.05, 0.1) is 7.11 Å². The van der Waals surface area contributed by atoms with Gasteiger partial charge in [-0.25, -0.2) is 0 Å². The molecule has 0 radical (unpaired) electrons. The van der Waals surface area contributed by atoms with E-state index in [0.717, 1.165) is 16.5 Å². The molecule has 0 atom stereocenters. The van der Waals surface area contributed by atoms with Crippen LogP contribution in [0.15, 0.2) is 91.0 Å². The molecule has 0 saturated heterocycles. The van der Waals surface area contributed by atoms with Gasteiger partial charge in [-0.15, -0.1) is 0 Å². The van der Waals surface area contributed by atoms with Crippen LogP contribution in [-0.4, -0.2) is 25.0 Å². The molecule has 3 heteroatoms. The summed E-state index contributed by atoms with van der Waals surface area (Å²) < 4.78 is 5.30. The zero-order valence-corrected chi connectivity index (χ0v) is 17.6. The van der Waals surface area contributed by atoms with Crippen molar-refractivity contribution < 1.29 is 9.53 Å². The number of amides is 1.